The van der Waals surface area contributed by atoms with Gasteiger partial charge in [-0.15, -0.1) is 0 Å². The first-order valence-corrected chi connectivity index (χ1v) is 6.53. The third-order valence-electron chi connectivity index (χ3n) is 3.70. The Morgan fingerprint density at radius 1 is 1.21 bits per heavy atom. The van der Waals surface area contributed by atoms with Gasteiger partial charge >= 0.3 is 0 Å². The molecule has 0 aromatic rings. The molecule has 1 aliphatic carbocycles. The van der Waals surface area contributed by atoms with Crippen LogP contribution in [0.15, 0.2) is 0 Å². The van der Waals surface area contributed by atoms with Crippen LogP contribution in [-0.4, -0.2) is 12.6 Å². The van der Waals surface area contributed by atoms with Crippen LogP contribution >= 0.6 is 0 Å². The van der Waals surface area contributed by atoms with Crippen molar-refractivity contribution in [1.82, 2.24) is 5.32 Å². The molecule has 0 radical (unpaired) electrons. The number of nitrogens with one attached hydrogen (secondary N) is 1. The molecule has 0 aromatic carbocycles. The Kier molecular flexibility index (Phi) is 5.54. The van der Waals surface area contributed by atoms with E-state index in [-0.39, 0.29) is 0 Å². The second-order valence-corrected chi connectivity index (χ2v) is 4.89. The Morgan fingerprint density at radius 3 is 2.36 bits per heavy atom. The van der Waals surface area contributed by atoms with Gasteiger partial charge in [0.05, 0.1) is 0 Å². The van der Waals surface area contributed by atoms with Gasteiger partial charge in [0.1, 0.15) is 0 Å². The molecule has 1 saturated carbocycles. The highest BCUT2D eigenvalue weighted by molar-refractivity contribution is 4.83. The molecular formula is C13H27N. The zero-order valence-electron chi connectivity index (χ0n) is 10.2. The van der Waals surface area contributed by atoms with Gasteiger partial charge in [0.2, 0.25) is 0 Å². The Morgan fingerprint density at radius 2 is 1.86 bits per heavy atom. The lowest BCUT2D eigenvalue weighted by atomic mass is 9.85. The minimum atomic E-state index is 0.794. The van der Waals surface area contributed by atoms with Gasteiger partial charge in [-0.05, 0) is 37.6 Å². The van der Waals surface area contributed by atoms with Gasteiger partial charge in [-0.2, -0.15) is 0 Å². The highest BCUT2D eigenvalue weighted by Gasteiger charge is 2.27. The molecule has 0 spiro atoms. The summed E-state index contributed by atoms with van der Waals surface area (Å²) in [5.41, 5.74) is 0. The minimum absolute atomic E-state index is 0.794. The van der Waals surface area contributed by atoms with Crippen molar-refractivity contribution >= 4 is 0 Å². The Hall–Kier alpha value is -0.0400. The Labute approximate surface area is 89.7 Å². The van der Waals surface area contributed by atoms with Crippen LogP contribution in [0.5, 0.6) is 0 Å². The zero-order valence-corrected chi connectivity index (χ0v) is 10.2. The minimum Gasteiger partial charge on any atom is -0.314 e. The fourth-order valence-electron chi connectivity index (χ4n) is 3.02. The van der Waals surface area contributed by atoms with Crippen molar-refractivity contribution in [1.29, 1.82) is 0 Å². The highest BCUT2D eigenvalue weighted by Crippen LogP contribution is 2.31. The van der Waals surface area contributed by atoms with Gasteiger partial charge in [0, 0.05) is 6.04 Å². The maximum Gasteiger partial charge on any atom is 0.0121 e. The monoisotopic (exact) mass is 197 g/mol. The first-order valence-electron chi connectivity index (χ1n) is 6.53. The fourth-order valence-corrected chi connectivity index (χ4v) is 3.02. The molecule has 0 saturated heterocycles. The molecule has 0 aromatic heterocycles. The lowest BCUT2D eigenvalue weighted by Gasteiger charge is -2.30. The van der Waals surface area contributed by atoms with Crippen molar-refractivity contribution in [3.05, 3.63) is 0 Å². The summed E-state index contributed by atoms with van der Waals surface area (Å²) in [6.07, 6.45) is 8.57. The summed E-state index contributed by atoms with van der Waals surface area (Å²) >= 11 is 0. The van der Waals surface area contributed by atoms with E-state index in [2.05, 4.69) is 26.1 Å². The Bertz CT molecular complexity index is 138. The second-order valence-electron chi connectivity index (χ2n) is 4.89. The summed E-state index contributed by atoms with van der Waals surface area (Å²) in [7, 11) is 0. The van der Waals surface area contributed by atoms with E-state index in [1.165, 1.54) is 38.5 Å². The van der Waals surface area contributed by atoms with Gasteiger partial charge in [0.15, 0.2) is 0 Å². The summed E-state index contributed by atoms with van der Waals surface area (Å²) in [6.45, 7) is 8.10. The summed E-state index contributed by atoms with van der Waals surface area (Å²) < 4.78 is 0. The van der Waals surface area contributed by atoms with E-state index in [9.17, 15) is 0 Å². The van der Waals surface area contributed by atoms with Gasteiger partial charge in [-0.3, -0.25) is 0 Å². The van der Waals surface area contributed by atoms with Crippen molar-refractivity contribution in [2.24, 2.45) is 11.8 Å². The van der Waals surface area contributed by atoms with Crippen LogP contribution in [0.2, 0.25) is 0 Å². The van der Waals surface area contributed by atoms with E-state index in [4.69, 9.17) is 0 Å². The second kappa shape index (κ2) is 6.44. The average molecular weight is 197 g/mol. The van der Waals surface area contributed by atoms with Crippen molar-refractivity contribution in [3.8, 4) is 0 Å². The molecule has 1 N–H and O–H groups in total. The van der Waals surface area contributed by atoms with Crippen molar-refractivity contribution < 1.29 is 0 Å². The molecular weight excluding hydrogens is 170 g/mol. The lowest BCUT2D eigenvalue weighted by molar-refractivity contribution is 0.264. The first kappa shape index (κ1) is 12.0. The van der Waals surface area contributed by atoms with Crippen LogP contribution in [0.3, 0.4) is 0 Å². The molecule has 84 valence electrons. The maximum atomic E-state index is 3.71. The molecule has 1 nitrogen and oxygen atoms in total. The number of rotatable bonds is 6. The summed E-state index contributed by atoms with van der Waals surface area (Å²) in [4.78, 5) is 0. The van der Waals surface area contributed by atoms with E-state index >= 15 is 0 Å². The third kappa shape index (κ3) is 3.27. The predicted octanol–water partition coefficient (Wildman–Crippen LogP) is 3.59. The smallest absolute Gasteiger partial charge is 0.0121 e. The molecule has 2 atom stereocenters. The van der Waals surface area contributed by atoms with Crippen molar-refractivity contribution in [2.75, 3.05) is 6.54 Å². The van der Waals surface area contributed by atoms with E-state index in [0.717, 1.165) is 24.4 Å². The molecule has 0 bridgehead atoms. The predicted molar refractivity (Wildman–Crippen MR) is 63.5 cm³/mol. The average Bonchev–Trinajstić information content (AvgIpc) is 2.67. The van der Waals surface area contributed by atoms with Gasteiger partial charge < -0.3 is 5.32 Å². The molecule has 0 heterocycles. The third-order valence-corrected chi connectivity index (χ3v) is 3.70. The van der Waals surface area contributed by atoms with Gasteiger partial charge in [-0.25, -0.2) is 0 Å². The van der Waals surface area contributed by atoms with Crippen LogP contribution in [0.4, 0.5) is 0 Å². The van der Waals surface area contributed by atoms with Crippen LogP contribution in [0.1, 0.15) is 59.3 Å². The van der Waals surface area contributed by atoms with E-state index in [0.29, 0.717) is 0 Å². The molecule has 1 rings (SSSR count). The van der Waals surface area contributed by atoms with Crippen LogP contribution in [0.25, 0.3) is 0 Å². The SMILES string of the molecule is CCCC(C)C(NCC)C1CCCC1. The normalized spacial score (nSPS) is 22.5. The van der Waals surface area contributed by atoms with Crippen molar-refractivity contribution in [3.63, 3.8) is 0 Å². The molecule has 0 aliphatic heterocycles. The molecule has 2 unspecified atom stereocenters. The van der Waals surface area contributed by atoms with Crippen molar-refractivity contribution in [2.45, 2.75) is 65.3 Å². The molecule has 1 heteroatoms. The van der Waals surface area contributed by atoms with E-state index in [1.54, 1.807) is 0 Å². The summed E-state index contributed by atoms with van der Waals surface area (Å²) in [5.74, 6) is 1.83. The molecule has 1 fully saturated rings. The fraction of sp³-hybridized carbons (Fsp3) is 1.00. The van der Waals surface area contributed by atoms with Gasteiger partial charge in [-0.1, -0.05) is 40.0 Å². The van der Waals surface area contributed by atoms with Crippen LogP contribution in [0, 0.1) is 11.8 Å². The highest BCUT2D eigenvalue weighted by atomic mass is 14.9. The summed E-state index contributed by atoms with van der Waals surface area (Å²) in [6, 6.07) is 0.794. The zero-order chi connectivity index (χ0) is 10.4. The number of hydrogen-bond acceptors (Lipinski definition) is 1. The molecule has 14 heavy (non-hydrogen) atoms. The maximum absolute atomic E-state index is 3.71. The van der Waals surface area contributed by atoms with Gasteiger partial charge in [0.25, 0.3) is 0 Å². The summed E-state index contributed by atoms with van der Waals surface area (Å²) in [5, 5.41) is 3.71. The number of hydrogen-bond donors (Lipinski definition) is 1. The van der Waals surface area contributed by atoms with Crippen LogP contribution in [-0.2, 0) is 0 Å². The topological polar surface area (TPSA) is 12.0 Å². The van der Waals surface area contributed by atoms with Crippen LogP contribution < -0.4 is 5.32 Å². The Balaban J connectivity index is 2.43. The largest absolute Gasteiger partial charge is 0.314 e. The molecule has 0 amide bonds. The van der Waals surface area contributed by atoms with E-state index < -0.39 is 0 Å². The van der Waals surface area contributed by atoms with E-state index in [1.807, 2.05) is 0 Å². The first-order chi connectivity index (χ1) is 6.79. The molecule has 1 aliphatic rings. The quantitative estimate of drug-likeness (QED) is 0.686. The lowest BCUT2D eigenvalue weighted by Crippen LogP contribution is -2.40. The standard InChI is InChI=1S/C13H27N/c1-4-8-11(3)13(14-5-2)12-9-6-7-10-12/h11-14H,4-10H2,1-3H3.